The highest BCUT2D eigenvalue weighted by molar-refractivity contribution is 5.78. The molecule has 3 aromatic heterocycles. The fourth-order valence-corrected chi connectivity index (χ4v) is 3.13. The molecular formula is C22H20N4. The van der Waals surface area contributed by atoms with Gasteiger partial charge in [-0.1, -0.05) is 30.3 Å². The Balaban J connectivity index is 1.58. The standard InChI is InChI=1S/C22H20N4/c1-2-8-22-21(7-1)11-20(14-25-22)17-26(15-18-5-3-9-23-12-18)16-19-6-4-10-24-13-19/h1-14H,15-17H2. The maximum atomic E-state index is 4.60. The largest absolute Gasteiger partial charge is 0.290 e. The van der Waals surface area contributed by atoms with E-state index in [-0.39, 0.29) is 0 Å². The maximum Gasteiger partial charge on any atom is 0.0702 e. The summed E-state index contributed by atoms with van der Waals surface area (Å²) in [7, 11) is 0. The molecule has 0 saturated carbocycles. The minimum absolute atomic E-state index is 0.821. The molecule has 1 aromatic carbocycles. The van der Waals surface area contributed by atoms with E-state index in [0.717, 1.165) is 25.2 Å². The van der Waals surface area contributed by atoms with Crippen LogP contribution in [-0.2, 0) is 19.6 Å². The van der Waals surface area contributed by atoms with Crippen molar-refractivity contribution in [3.63, 3.8) is 0 Å². The van der Waals surface area contributed by atoms with E-state index < -0.39 is 0 Å². The zero-order valence-electron chi connectivity index (χ0n) is 14.5. The van der Waals surface area contributed by atoms with Crippen LogP contribution in [0.1, 0.15) is 16.7 Å². The van der Waals surface area contributed by atoms with E-state index >= 15 is 0 Å². The molecule has 0 bridgehead atoms. The number of hydrogen-bond donors (Lipinski definition) is 0. The topological polar surface area (TPSA) is 41.9 Å². The van der Waals surface area contributed by atoms with Gasteiger partial charge >= 0.3 is 0 Å². The average Bonchev–Trinajstić information content (AvgIpc) is 2.69. The fraction of sp³-hybridized carbons (Fsp3) is 0.136. The zero-order chi connectivity index (χ0) is 17.6. The number of rotatable bonds is 6. The Morgan fingerprint density at radius 3 is 1.96 bits per heavy atom. The molecule has 26 heavy (non-hydrogen) atoms. The molecule has 0 radical (unpaired) electrons. The number of para-hydroxylation sites is 1. The Morgan fingerprint density at radius 1 is 0.654 bits per heavy atom. The summed E-state index contributed by atoms with van der Waals surface area (Å²) >= 11 is 0. The van der Waals surface area contributed by atoms with Crippen LogP contribution in [0.15, 0.2) is 85.6 Å². The lowest BCUT2D eigenvalue weighted by molar-refractivity contribution is 0.247. The van der Waals surface area contributed by atoms with Gasteiger partial charge in [0.25, 0.3) is 0 Å². The summed E-state index contributed by atoms with van der Waals surface area (Å²) in [6.07, 6.45) is 9.44. The van der Waals surface area contributed by atoms with Gasteiger partial charge in [0.1, 0.15) is 0 Å². The molecule has 0 saturated heterocycles. The molecule has 4 heteroatoms. The van der Waals surface area contributed by atoms with Crippen LogP contribution in [0, 0.1) is 0 Å². The molecule has 0 aliphatic heterocycles. The van der Waals surface area contributed by atoms with Gasteiger partial charge in [-0.05, 0) is 41.0 Å². The summed E-state index contributed by atoms with van der Waals surface area (Å²) in [6, 6.07) is 18.6. The number of pyridine rings is 3. The van der Waals surface area contributed by atoms with Crippen molar-refractivity contribution in [1.82, 2.24) is 19.9 Å². The van der Waals surface area contributed by atoms with Crippen LogP contribution < -0.4 is 0 Å². The van der Waals surface area contributed by atoms with Crippen molar-refractivity contribution < 1.29 is 0 Å². The summed E-state index contributed by atoms with van der Waals surface area (Å²) < 4.78 is 0. The van der Waals surface area contributed by atoms with Gasteiger partial charge in [-0.2, -0.15) is 0 Å². The van der Waals surface area contributed by atoms with Crippen LogP contribution in [0.25, 0.3) is 10.9 Å². The van der Waals surface area contributed by atoms with Crippen LogP contribution in [0.2, 0.25) is 0 Å². The Bertz CT molecular complexity index is 929. The molecule has 4 nitrogen and oxygen atoms in total. The van der Waals surface area contributed by atoms with Crippen molar-refractivity contribution in [3.8, 4) is 0 Å². The third kappa shape index (κ3) is 4.10. The second kappa shape index (κ2) is 7.85. The van der Waals surface area contributed by atoms with E-state index in [1.165, 1.54) is 22.1 Å². The Labute approximate surface area is 153 Å². The first-order valence-electron chi connectivity index (χ1n) is 8.71. The molecule has 4 rings (SSSR count). The first-order chi connectivity index (χ1) is 12.9. The van der Waals surface area contributed by atoms with E-state index in [4.69, 9.17) is 0 Å². The monoisotopic (exact) mass is 340 g/mol. The van der Waals surface area contributed by atoms with Crippen molar-refractivity contribution in [2.45, 2.75) is 19.6 Å². The Morgan fingerprint density at radius 2 is 1.31 bits per heavy atom. The van der Waals surface area contributed by atoms with Gasteiger partial charge in [0, 0.05) is 56.0 Å². The second-order valence-corrected chi connectivity index (χ2v) is 6.40. The summed E-state index contributed by atoms with van der Waals surface area (Å²) in [6.45, 7) is 2.48. The molecule has 0 aliphatic carbocycles. The number of aromatic nitrogens is 3. The van der Waals surface area contributed by atoms with Crippen molar-refractivity contribution in [2.24, 2.45) is 0 Å². The molecule has 0 unspecified atom stereocenters. The summed E-state index contributed by atoms with van der Waals surface area (Å²) in [5.41, 5.74) is 4.63. The molecule has 0 spiro atoms. The fourth-order valence-electron chi connectivity index (χ4n) is 3.13. The maximum absolute atomic E-state index is 4.60. The average molecular weight is 340 g/mol. The summed E-state index contributed by atoms with van der Waals surface area (Å²) in [5.74, 6) is 0. The van der Waals surface area contributed by atoms with Crippen molar-refractivity contribution >= 4 is 10.9 Å². The third-order valence-electron chi connectivity index (χ3n) is 4.31. The first kappa shape index (κ1) is 16.4. The van der Waals surface area contributed by atoms with Crippen LogP contribution >= 0.6 is 0 Å². The lowest BCUT2D eigenvalue weighted by Crippen LogP contribution is -2.22. The quantitative estimate of drug-likeness (QED) is 0.527. The highest BCUT2D eigenvalue weighted by Crippen LogP contribution is 2.17. The van der Waals surface area contributed by atoms with Crippen LogP contribution in [0.4, 0.5) is 0 Å². The lowest BCUT2D eigenvalue weighted by Gasteiger charge is -2.22. The van der Waals surface area contributed by atoms with Gasteiger partial charge in [-0.15, -0.1) is 0 Å². The predicted octanol–water partition coefficient (Wildman–Crippen LogP) is 4.23. The van der Waals surface area contributed by atoms with Crippen molar-refractivity contribution in [1.29, 1.82) is 0 Å². The van der Waals surface area contributed by atoms with E-state index in [1.54, 1.807) is 0 Å². The summed E-state index contributed by atoms with van der Waals surface area (Å²) in [4.78, 5) is 15.5. The number of benzene rings is 1. The van der Waals surface area contributed by atoms with E-state index in [0.29, 0.717) is 0 Å². The molecular weight excluding hydrogens is 320 g/mol. The minimum Gasteiger partial charge on any atom is -0.290 e. The van der Waals surface area contributed by atoms with Gasteiger partial charge in [0.05, 0.1) is 5.52 Å². The van der Waals surface area contributed by atoms with E-state index in [9.17, 15) is 0 Å². The molecule has 128 valence electrons. The normalized spacial score (nSPS) is 11.1. The second-order valence-electron chi connectivity index (χ2n) is 6.40. The predicted molar refractivity (Wildman–Crippen MR) is 103 cm³/mol. The third-order valence-corrected chi connectivity index (χ3v) is 4.31. The lowest BCUT2D eigenvalue weighted by atomic mass is 10.1. The van der Waals surface area contributed by atoms with Crippen LogP contribution in [0.3, 0.4) is 0 Å². The minimum atomic E-state index is 0.821. The first-order valence-corrected chi connectivity index (χ1v) is 8.71. The van der Waals surface area contributed by atoms with Crippen LogP contribution in [0.5, 0.6) is 0 Å². The zero-order valence-corrected chi connectivity index (χ0v) is 14.5. The Kier molecular flexibility index (Phi) is 4.94. The highest BCUT2D eigenvalue weighted by Gasteiger charge is 2.10. The molecule has 3 heterocycles. The number of fused-ring (bicyclic) bond motifs is 1. The van der Waals surface area contributed by atoms with E-state index in [1.807, 2.05) is 55.2 Å². The number of hydrogen-bond acceptors (Lipinski definition) is 4. The van der Waals surface area contributed by atoms with Gasteiger partial charge in [-0.25, -0.2) is 0 Å². The SMILES string of the molecule is c1cncc(CN(Cc2cccnc2)Cc2cnc3ccccc3c2)c1. The molecule has 0 amide bonds. The van der Waals surface area contributed by atoms with Crippen LogP contribution in [-0.4, -0.2) is 19.9 Å². The Hall–Kier alpha value is -3.11. The summed E-state index contributed by atoms with van der Waals surface area (Å²) in [5, 5.41) is 1.17. The number of nitrogens with zero attached hydrogens (tertiary/aromatic N) is 4. The van der Waals surface area contributed by atoms with Crippen molar-refractivity contribution in [2.75, 3.05) is 0 Å². The molecule has 0 aliphatic rings. The molecule has 4 aromatic rings. The van der Waals surface area contributed by atoms with Gasteiger partial charge in [0.15, 0.2) is 0 Å². The molecule has 0 atom stereocenters. The van der Waals surface area contributed by atoms with E-state index in [2.05, 4.69) is 50.2 Å². The highest BCUT2D eigenvalue weighted by atomic mass is 15.1. The molecule has 0 N–H and O–H groups in total. The van der Waals surface area contributed by atoms with Gasteiger partial charge < -0.3 is 0 Å². The molecule has 0 fully saturated rings. The van der Waals surface area contributed by atoms with Gasteiger partial charge in [-0.3, -0.25) is 19.9 Å². The smallest absolute Gasteiger partial charge is 0.0702 e. The van der Waals surface area contributed by atoms with Gasteiger partial charge in [0.2, 0.25) is 0 Å². The van der Waals surface area contributed by atoms with Crippen molar-refractivity contribution in [3.05, 3.63) is 102 Å².